The first-order valence-electron chi connectivity index (χ1n) is 16.4. The zero-order valence-electron chi connectivity index (χ0n) is 26.7. The van der Waals surface area contributed by atoms with Crippen LogP contribution in [0.1, 0.15) is 5.56 Å². The second-order valence-corrected chi connectivity index (χ2v) is 12.2. The third kappa shape index (κ3) is 5.14. The van der Waals surface area contributed by atoms with Crippen LogP contribution in [0.3, 0.4) is 0 Å². The van der Waals surface area contributed by atoms with E-state index in [1.54, 1.807) is 0 Å². The van der Waals surface area contributed by atoms with Crippen LogP contribution in [0.2, 0.25) is 0 Å². The second-order valence-electron chi connectivity index (χ2n) is 12.2. The molecule has 0 spiro atoms. The molecular weight excluding hydrogens is 577 g/mol. The van der Waals surface area contributed by atoms with Gasteiger partial charge in [0.15, 0.2) is 0 Å². The average Bonchev–Trinajstić information content (AvgIpc) is 3.16. The maximum Gasteiger partial charge on any atom is -0.00201 e. The van der Waals surface area contributed by atoms with Crippen molar-refractivity contribution in [3.8, 4) is 44.5 Å². The Kier molecular flexibility index (Phi) is 7.61. The van der Waals surface area contributed by atoms with E-state index in [0.29, 0.717) is 0 Å². The minimum atomic E-state index is 1.04. The van der Waals surface area contributed by atoms with Crippen LogP contribution in [-0.4, -0.2) is 0 Å². The minimum absolute atomic E-state index is 1.04. The van der Waals surface area contributed by atoms with Gasteiger partial charge < -0.3 is 0 Å². The second kappa shape index (κ2) is 12.5. The monoisotopic (exact) mass is 610 g/mol. The zero-order valence-corrected chi connectivity index (χ0v) is 26.7. The van der Waals surface area contributed by atoms with E-state index >= 15 is 0 Å². The SMILES string of the molecule is C=C/C=C(\C=C)c1cc(-c2ccccc2)cc(-c2cccc(-c3c4ccccc4c(-c4cccc5ccccc45)c4ccccc34)c2)c1. The maximum absolute atomic E-state index is 4.10. The lowest BCUT2D eigenvalue weighted by Crippen LogP contribution is -1.92. The lowest BCUT2D eigenvalue weighted by atomic mass is 9.84. The van der Waals surface area contributed by atoms with Crippen molar-refractivity contribution in [3.05, 3.63) is 201 Å². The predicted octanol–water partition coefficient (Wildman–Crippen LogP) is 13.6. The molecule has 0 aromatic heterocycles. The van der Waals surface area contributed by atoms with Crippen molar-refractivity contribution < 1.29 is 0 Å². The highest BCUT2D eigenvalue weighted by Crippen LogP contribution is 2.45. The van der Waals surface area contributed by atoms with Gasteiger partial charge in [-0.05, 0) is 112 Å². The molecule has 0 N–H and O–H groups in total. The normalized spacial score (nSPS) is 11.6. The molecule has 226 valence electrons. The smallest absolute Gasteiger partial charge is 0.00201 e. The summed E-state index contributed by atoms with van der Waals surface area (Å²) in [6.45, 7) is 8.05. The Hall–Kier alpha value is -6.24. The first-order valence-corrected chi connectivity index (χ1v) is 16.4. The highest BCUT2D eigenvalue weighted by Gasteiger charge is 2.18. The van der Waals surface area contributed by atoms with Crippen molar-refractivity contribution in [2.45, 2.75) is 0 Å². The summed E-state index contributed by atoms with van der Waals surface area (Å²) in [4.78, 5) is 0. The molecule has 0 amide bonds. The Balaban J connectivity index is 1.38. The van der Waals surface area contributed by atoms with Gasteiger partial charge in [0.25, 0.3) is 0 Å². The molecule has 48 heavy (non-hydrogen) atoms. The Morgan fingerprint density at radius 2 is 0.896 bits per heavy atom. The van der Waals surface area contributed by atoms with Crippen LogP contribution < -0.4 is 0 Å². The maximum atomic E-state index is 4.10. The van der Waals surface area contributed by atoms with Crippen molar-refractivity contribution in [1.82, 2.24) is 0 Å². The fourth-order valence-electron chi connectivity index (χ4n) is 7.19. The van der Waals surface area contributed by atoms with E-state index in [0.717, 1.165) is 16.7 Å². The van der Waals surface area contributed by atoms with Gasteiger partial charge in [-0.15, -0.1) is 0 Å². The van der Waals surface area contributed by atoms with Gasteiger partial charge in [-0.25, -0.2) is 0 Å². The van der Waals surface area contributed by atoms with Crippen molar-refractivity contribution >= 4 is 37.9 Å². The molecule has 0 heterocycles. The molecule has 8 aromatic carbocycles. The molecule has 0 atom stereocenters. The molecule has 8 rings (SSSR count). The van der Waals surface area contributed by atoms with Crippen LogP contribution in [0.25, 0.3) is 82.4 Å². The Labute approximate surface area is 282 Å². The lowest BCUT2D eigenvalue weighted by molar-refractivity contribution is 1.55. The van der Waals surface area contributed by atoms with Gasteiger partial charge in [0, 0.05) is 0 Å². The van der Waals surface area contributed by atoms with E-state index in [4.69, 9.17) is 0 Å². The van der Waals surface area contributed by atoms with E-state index in [1.165, 1.54) is 71.3 Å². The number of hydrogen-bond donors (Lipinski definition) is 0. The van der Waals surface area contributed by atoms with Crippen LogP contribution in [0, 0.1) is 0 Å². The molecular formula is C48H34. The average molecular weight is 611 g/mol. The highest BCUT2D eigenvalue weighted by molar-refractivity contribution is 6.23. The third-order valence-electron chi connectivity index (χ3n) is 9.37. The molecule has 0 saturated heterocycles. The third-order valence-corrected chi connectivity index (χ3v) is 9.37. The standard InChI is InChI=1S/C48H34/c1-3-16-33(4-2)38-30-39(34-17-6-5-7-18-34)32-40(31-38)36-21-14-22-37(29-36)47-43-24-10-12-26-45(43)48(46-27-13-11-25-44(46)47)42-28-15-20-35-19-8-9-23-41(35)42/h3-32H,1-2H2/b33-16+. The van der Waals surface area contributed by atoms with Crippen LogP contribution in [0.15, 0.2) is 195 Å². The van der Waals surface area contributed by atoms with E-state index < -0.39 is 0 Å². The summed E-state index contributed by atoms with van der Waals surface area (Å²) in [6.07, 6.45) is 5.75. The number of fused-ring (bicyclic) bond motifs is 3. The molecule has 0 saturated carbocycles. The first-order chi connectivity index (χ1) is 23.7. The van der Waals surface area contributed by atoms with Gasteiger partial charge in [-0.2, -0.15) is 0 Å². The molecule has 0 nitrogen and oxygen atoms in total. The van der Waals surface area contributed by atoms with Crippen LogP contribution in [0.4, 0.5) is 0 Å². The van der Waals surface area contributed by atoms with Gasteiger partial charge in [-0.3, -0.25) is 0 Å². The molecule has 0 bridgehead atoms. The molecule has 0 aliphatic heterocycles. The summed E-state index contributed by atoms with van der Waals surface area (Å²) in [6, 6.07) is 59.5. The zero-order chi connectivity index (χ0) is 32.5. The largest absolute Gasteiger partial charge is 0.0990 e. The van der Waals surface area contributed by atoms with Gasteiger partial charge in [-0.1, -0.05) is 171 Å². The number of benzene rings is 8. The van der Waals surface area contributed by atoms with Crippen molar-refractivity contribution in [2.24, 2.45) is 0 Å². The van der Waals surface area contributed by atoms with Crippen LogP contribution >= 0.6 is 0 Å². The number of allylic oxidation sites excluding steroid dienone is 4. The fraction of sp³-hybridized carbons (Fsp3) is 0. The molecule has 0 radical (unpaired) electrons. The van der Waals surface area contributed by atoms with Gasteiger partial charge in [0.2, 0.25) is 0 Å². The minimum Gasteiger partial charge on any atom is -0.0990 e. The summed E-state index contributed by atoms with van der Waals surface area (Å²) in [5, 5.41) is 7.52. The summed E-state index contributed by atoms with van der Waals surface area (Å²) in [7, 11) is 0. The quantitative estimate of drug-likeness (QED) is 0.124. The van der Waals surface area contributed by atoms with Gasteiger partial charge >= 0.3 is 0 Å². The van der Waals surface area contributed by atoms with E-state index in [-0.39, 0.29) is 0 Å². The van der Waals surface area contributed by atoms with E-state index in [9.17, 15) is 0 Å². The van der Waals surface area contributed by atoms with Crippen molar-refractivity contribution in [3.63, 3.8) is 0 Å². The Morgan fingerprint density at radius 3 is 1.56 bits per heavy atom. The van der Waals surface area contributed by atoms with Crippen LogP contribution in [-0.2, 0) is 0 Å². The molecule has 0 aliphatic carbocycles. The first kappa shape index (κ1) is 29.2. The molecule has 0 heteroatoms. The number of hydrogen-bond acceptors (Lipinski definition) is 0. The fourth-order valence-corrected chi connectivity index (χ4v) is 7.19. The van der Waals surface area contributed by atoms with Gasteiger partial charge in [0.05, 0.1) is 0 Å². The summed E-state index contributed by atoms with van der Waals surface area (Å²) >= 11 is 0. The number of rotatable bonds is 7. The molecule has 0 fully saturated rings. The van der Waals surface area contributed by atoms with E-state index in [2.05, 4.69) is 177 Å². The van der Waals surface area contributed by atoms with Crippen LogP contribution in [0.5, 0.6) is 0 Å². The van der Waals surface area contributed by atoms with Crippen molar-refractivity contribution in [2.75, 3.05) is 0 Å². The molecule has 0 aliphatic rings. The lowest BCUT2D eigenvalue weighted by Gasteiger charge is -2.19. The summed E-state index contributed by atoms with van der Waals surface area (Å²) in [5.41, 5.74) is 11.8. The topological polar surface area (TPSA) is 0 Å². The summed E-state index contributed by atoms with van der Waals surface area (Å²) in [5.74, 6) is 0. The highest BCUT2D eigenvalue weighted by atomic mass is 14.2. The summed E-state index contributed by atoms with van der Waals surface area (Å²) < 4.78 is 0. The van der Waals surface area contributed by atoms with Gasteiger partial charge in [0.1, 0.15) is 0 Å². The predicted molar refractivity (Wildman–Crippen MR) is 209 cm³/mol. The van der Waals surface area contributed by atoms with Crippen molar-refractivity contribution in [1.29, 1.82) is 0 Å². The Bertz CT molecular complexity index is 2470. The molecule has 0 unspecified atom stereocenters. The molecule has 8 aromatic rings. The Morgan fingerprint density at radius 1 is 0.396 bits per heavy atom. The van der Waals surface area contributed by atoms with E-state index in [1.807, 2.05) is 18.2 Å².